The summed E-state index contributed by atoms with van der Waals surface area (Å²) in [6.45, 7) is 6.04. The summed E-state index contributed by atoms with van der Waals surface area (Å²) >= 11 is 2.99. The van der Waals surface area contributed by atoms with E-state index in [1.165, 1.54) is 11.3 Å². The van der Waals surface area contributed by atoms with Crippen LogP contribution in [-0.4, -0.2) is 108 Å². The average molecular weight is 528 g/mol. The predicted octanol–water partition coefficient (Wildman–Crippen LogP) is 2.50. The zero-order chi connectivity index (χ0) is 25.5. The molecule has 2 fully saturated rings. The topological polar surface area (TPSA) is 105 Å². The van der Waals surface area contributed by atoms with Crippen molar-refractivity contribution in [3.8, 4) is 6.07 Å². The van der Waals surface area contributed by atoms with Crippen LogP contribution in [0.5, 0.6) is 0 Å². The number of nitrogens with zero attached hydrogens (tertiary/aromatic N) is 8. The number of likely N-dealkylation sites (tertiary alicyclic amines) is 1. The number of carbonyl (C=O) groups is 1. The van der Waals surface area contributed by atoms with E-state index in [4.69, 9.17) is 15.2 Å². The monoisotopic (exact) mass is 527 g/mol. The van der Waals surface area contributed by atoms with Gasteiger partial charge in [-0.2, -0.15) is 5.26 Å². The molecule has 2 aromatic heterocycles. The number of piperazine rings is 1. The lowest BCUT2D eigenvalue weighted by Crippen LogP contribution is -2.44. The molecule has 36 heavy (non-hydrogen) atoms. The summed E-state index contributed by atoms with van der Waals surface area (Å²) in [4.78, 5) is 35.6. The van der Waals surface area contributed by atoms with Crippen LogP contribution in [0, 0.1) is 11.3 Å². The molecule has 192 valence electrons. The molecule has 10 nitrogen and oxygen atoms in total. The van der Waals surface area contributed by atoms with Gasteiger partial charge in [-0.15, -0.1) is 0 Å². The quantitative estimate of drug-likeness (QED) is 0.407. The maximum absolute atomic E-state index is 12.5. The minimum atomic E-state index is 0.0836. The highest BCUT2D eigenvalue weighted by Gasteiger charge is 2.24. The number of hydrogen-bond acceptors (Lipinski definition) is 11. The molecule has 2 saturated heterocycles. The molecule has 0 aliphatic carbocycles. The Hall–Kier alpha value is -2.72. The maximum atomic E-state index is 12.5. The molecular weight excluding hydrogens is 494 g/mol. The minimum absolute atomic E-state index is 0.0836. The van der Waals surface area contributed by atoms with E-state index in [0.717, 1.165) is 69.6 Å². The van der Waals surface area contributed by atoms with Crippen LogP contribution in [0.3, 0.4) is 0 Å². The average Bonchev–Trinajstić information content (AvgIpc) is 3.32. The van der Waals surface area contributed by atoms with Crippen LogP contribution in [0.1, 0.15) is 17.7 Å². The van der Waals surface area contributed by atoms with Crippen LogP contribution in [0.2, 0.25) is 0 Å². The number of nitriles is 1. The normalized spacial score (nSPS) is 17.6. The molecule has 0 saturated carbocycles. The number of hydrogen-bond donors (Lipinski definition) is 1. The van der Waals surface area contributed by atoms with Crippen LogP contribution in [-0.2, 0) is 4.79 Å². The highest BCUT2D eigenvalue weighted by atomic mass is 32.2. The number of aromatic nitrogens is 3. The number of carbonyl (C=O) groups excluding carboxylic acids is 1. The summed E-state index contributed by atoms with van der Waals surface area (Å²) in [5, 5.41) is 14.1. The number of amides is 1. The molecule has 2 aliphatic rings. The lowest BCUT2D eigenvalue weighted by Gasteiger charge is -2.33. The van der Waals surface area contributed by atoms with E-state index in [-0.39, 0.29) is 5.91 Å². The zero-order valence-corrected chi connectivity index (χ0v) is 22.7. The largest absolute Gasteiger partial charge is 0.354 e. The first-order valence-electron chi connectivity index (χ1n) is 12.1. The number of piperidine rings is 1. The van der Waals surface area contributed by atoms with E-state index in [0.29, 0.717) is 21.1 Å². The van der Waals surface area contributed by atoms with Gasteiger partial charge in [-0.3, -0.25) is 4.79 Å². The van der Waals surface area contributed by atoms with Gasteiger partial charge in [-0.1, -0.05) is 29.2 Å². The standard InChI is InChI=1S/C24H33N9OS2/c1-30(2)8-4-5-22(34)33-9-6-18(7-10-33)35-24-28-20(27-23-26-17-19(16-25)36-23)15-21(29-24)32-13-11-31(3)12-14-32/h4-5,15,17-18H,6-14H2,1-3H3,(H,26,27,28,29)/b5-4+. The van der Waals surface area contributed by atoms with Gasteiger partial charge >= 0.3 is 0 Å². The van der Waals surface area contributed by atoms with Crippen molar-refractivity contribution < 1.29 is 4.79 Å². The van der Waals surface area contributed by atoms with Crippen molar-refractivity contribution in [1.29, 1.82) is 5.26 Å². The van der Waals surface area contributed by atoms with Gasteiger partial charge in [-0.05, 0) is 34.0 Å². The first kappa shape index (κ1) is 26.3. The van der Waals surface area contributed by atoms with E-state index in [2.05, 4.69) is 33.2 Å². The number of thiazole rings is 1. The molecule has 2 aliphatic heterocycles. The highest BCUT2D eigenvalue weighted by molar-refractivity contribution is 7.99. The molecule has 12 heteroatoms. The molecule has 0 unspecified atom stereocenters. The summed E-state index contributed by atoms with van der Waals surface area (Å²) in [7, 11) is 6.11. The molecule has 0 radical (unpaired) electrons. The molecule has 1 amide bonds. The second-order valence-corrected chi connectivity index (χ2v) is 11.6. The first-order chi connectivity index (χ1) is 17.4. The maximum Gasteiger partial charge on any atom is 0.246 e. The SMILES string of the molecule is CN(C)C/C=C/C(=O)N1CCC(Sc2nc(Nc3ncc(C#N)s3)cc(N3CCN(C)CC3)n2)CC1. The van der Waals surface area contributed by atoms with Crippen molar-refractivity contribution in [3.63, 3.8) is 0 Å². The van der Waals surface area contributed by atoms with E-state index < -0.39 is 0 Å². The fourth-order valence-corrected chi connectivity index (χ4v) is 5.70. The third-order valence-corrected chi connectivity index (χ3v) is 8.14. The number of thioether (sulfide) groups is 1. The smallest absolute Gasteiger partial charge is 0.246 e. The van der Waals surface area contributed by atoms with Gasteiger partial charge in [0.05, 0.1) is 6.20 Å². The minimum Gasteiger partial charge on any atom is -0.354 e. The Balaban J connectivity index is 1.43. The predicted molar refractivity (Wildman–Crippen MR) is 145 cm³/mol. The van der Waals surface area contributed by atoms with E-state index in [9.17, 15) is 4.79 Å². The van der Waals surface area contributed by atoms with Gasteiger partial charge in [0.2, 0.25) is 5.91 Å². The molecule has 2 aromatic rings. The van der Waals surface area contributed by atoms with Crippen molar-refractivity contribution in [1.82, 2.24) is 29.7 Å². The summed E-state index contributed by atoms with van der Waals surface area (Å²) in [5.41, 5.74) is 0. The van der Waals surface area contributed by atoms with Crippen molar-refractivity contribution in [3.05, 3.63) is 29.3 Å². The number of likely N-dealkylation sites (N-methyl/N-ethyl adjacent to an activating group) is 2. The van der Waals surface area contributed by atoms with Gasteiger partial charge in [-0.25, -0.2) is 15.0 Å². The van der Waals surface area contributed by atoms with Gasteiger partial charge in [0, 0.05) is 63.2 Å². The van der Waals surface area contributed by atoms with Gasteiger partial charge in [0.1, 0.15) is 22.6 Å². The summed E-state index contributed by atoms with van der Waals surface area (Å²) in [5.74, 6) is 1.66. The molecule has 4 heterocycles. The molecule has 0 spiro atoms. The number of nitrogens with one attached hydrogen (secondary N) is 1. The summed E-state index contributed by atoms with van der Waals surface area (Å²) in [6, 6.07) is 4.09. The lowest BCUT2D eigenvalue weighted by atomic mass is 10.1. The van der Waals surface area contributed by atoms with Gasteiger partial charge in [0.15, 0.2) is 10.3 Å². The zero-order valence-electron chi connectivity index (χ0n) is 21.1. The van der Waals surface area contributed by atoms with Crippen molar-refractivity contribution >= 4 is 45.8 Å². The second kappa shape index (κ2) is 12.5. The van der Waals surface area contributed by atoms with E-state index in [1.807, 2.05) is 36.0 Å². The number of rotatable bonds is 8. The first-order valence-corrected chi connectivity index (χ1v) is 13.8. The Bertz CT molecular complexity index is 1100. The Morgan fingerprint density at radius 2 is 2.00 bits per heavy atom. The van der Waals surface area contributed by atoms with Crippen molar-refractivity contribution in [2.45, 2.75) is 23.2 Å². The Labute approximate surface area is 221 Å². The fourth-order valence-electron chi connectivity index (χ4n) is 4.03. The molecular formula is C24H33N9OS2. The van der Waals surface area contributed by atoms with Crippen LogP contribution in [0.4, 0.5) is 16.8 Å². The Morgan fingerprint density at radius 1 is 1.25 bits per heavy atom. The lowest BCUT2D eigenvalue weighted by molar-refractivity contribution is -0.126. The third-order valence-electron chi connectivity index (χ3n) is 6.13. The van der Waals surface area contributed by atoms with E-state index >= 15 is 0 Å². The Kier molecular flexibility index (Phi) is 9.14. The van der Waals surface area contributed by atoms with Gasteiger partial charge in [0.25, 0.3) is 0 Å². The summed E-state index contributed by atoms with van der Waals surface area (Å²) < 4.78 is 0. The van der Waals surface area contributed by atoms with Crippen LogP contribution < -0.4 is 10.2 Å². The summed E-state index contributed by atoms with van der Waals surface area (Å²) in [6.07, 6.45) is 6.97. The second-order valence-electron chi connectivity index (χ2n) is 9.26. The van der Waals surface area contributed by atoms with Crippen LogP contribution in [0.15, 0.2) is 29.6 Å². The van der Waals surface area contributed by atoms with Crippen molar-refractivity contribution in [2.24, 2.45) is 0 Å². The van der Waals surface area contributed by atoms with Crippen LogP contribution in [0.25, 0.3) is 0 Å². The van der Waals surface area contributed by atoms with Crippen molar-refractivity contribution in [2.75, 3.05) is 77.2 Å². The fraction of sp³-hybridized carbons (Fsp3) is 0.542. The highest BCUT2D eigenvalue weighted by Crippen LogP contribution is 2.32. The molecule has 4 rings (SSSR count). The Morgan fingerprint density at radius 3 is 2.67 bits per heavy atom. The molecule has 0 bridgehead atoms. The van der Waals surface area contributed by atoms with Crippen LogP contribution >= 0.6 is 23.1 Å². The van der Waals surface area contributed by atoms with Gasteiger partial charge < -0.3 is 24.9 Å². The number of anilines is 3. The third kappa shape index (κ3) is 7.39. The molecule has 0 aromatic carbocycles. The van der Waals surface area contributed by atoms with E-state index in [1.54, 1.807) is 24.0 Å². The molecule has 1 N–H and O–H groups in total. The molecule has 0 atom stereocenters.